The molecule has 3 aromatic rings. The van der Waals surface area contributed by atoms with Crippen LogP contribution in [-0.2, 0) is 16.1 Å². The first-order chi connectivity index (χ1) is 20.4. The van der Waals surface area contributed by atoms with Crippen molar-refractivity contribution in [3.63, 3.8) is 0 Å². The van der Waals surface area contributed by atoms with Crippen LogP contribution < -0.4 is 21.6 Å². The van der Waals surface area contributed by atoms with E-state index in [1.165, 1.54) is 0 Å². The van der Waals surface area contributed by atoms with Gasteiger partial charge in [0.25, 0.3) is 0 Å². The van der Waals surface area contributed by atoms with E-state index in [4.69, 9.17) is 26.1 Å². The van der Waals surface area contributed by atoms with E-state index >= 15 is 0 Å². The zero-order chi connectivity index (χ0) is 29.4. The molecule has 1 atom stereocenters. The van der Waals surface area contributed by atoms with Gasteiger partial charge in [0.1, 0.15) is 18.2 Å². The molecule has 1 saturated carbocycles. The molecular formula is C29H38ClN9O3. The van der Waals surface area contributed by atoms with E-state index in [9.17, 15) is 10.1 Å². The lowest BCUT2D eigenvalue weighted by atomic mass is 9.82. The first-order valence-electron chi connectivity index (χ1n) is 14.5. The second-order valence-corrected chi connectivity index (χ2v) is 11.6. The van der Waals surface area contributed by atoms with Gasteiger partial charge in [0.2, 0.25) is 0 Å². The van der Waals surface area contributed by atoms with Crippen molar-refractivity contribution < 1.29 is 9.47 Å². The second-order valence-electron chi connectivity index (χ2n) is 11.2. The summed E-state index contributed by atoms with van der Waals surface area (Å²) >= 11 is 6.56. The van der Waals surface area contributed by atoms with Crippen LogP contribution in [0.15, 0.2) is 35.3 Å². The van der Waals surface area contributed by atoms with Gasteiger partial charge in [0, 0.05) is 49.6 Å². The quantitative estimate of drug-likeness (QED) is 0.207. The highest BCUT2D eigenvalue weighted by Gasteiger charge is 2.32. The normalized spacial score (nSPS) is 20.9. The van der Waals surface area contributed by atoms with E-state index in [2.05, 4.69) is 49.1 Å². The Morgan fingerprint density at radius 2 is 2.00 bits per heavy atom. The molecule has 5 N–H and O–H groups in total. The van der Waals surface area contributed by atoms with Crippen molar-refractivity contribution in [3.05, 3.63) is 51.8 Å². The average Bonchev–Trinajstić information content (AvgIpc) is 3.43. The highest BCUT2D eigenvalue weighted by molar-refractivity contribution is 6.33. The number of rotatable bonds is 12. The van der Waals surface area contributed by atoms with Crippen LogP contribution in [0.1, 0.15) is 51.3 Å². The summed E-state index contributed by atoms with van der Waals surface area (Å²) in [6, 6.07) is 11.1. The molecule has 1 aliphatic carbocycles. The molecular weight excluding hydrogens is 558 g/mol. The topological polar surface area (TPSA) is 166 Å². The van der Waals surface area contributed by atoms with Gasteiger partial charge in [-0.2, -0.15) is 10.4 Å². The molecule has 0 aromatic carbocycles. The third-order valence-corrected chi connectivity index (χ3v) is 8.23. The van der Waals surface area contributed by atoms with Crippen LogP contribution in [-0.4, -0.2) is 69.6 Å². The van der Waals surface area contributed by atoms with Crippen molar-refractivity contribution >= 4 is 23.2 Å². The minimum Gasteiger partial charge on any atom is -0.381 e. The number of aromatic amines is 2. The van der Waals surface area contributed by atoms with Gasteiger partial charge in [-0.25, -0.2) is 19.9 Å². The fourth-order valence-electron chi connectivity index (χ4n) is 5.52. The summed E-state index contributed by atoms with van der Waals surface area (Å²) in [4.78, 5) is 23.0. The average molecular weight is 596 g/mol. The second kappa shape index (κ2) is 14.1. The minimum atomic E-state index is -0.440. The smallest absolute Gasteiger partial charge is 0.340 e. The Morgan fingerprint density at radius 3 is 2.74 bits per heavy atom. The van der Waals surface area contributed by atoms with Crippen molar-refractivity contribution in [1.29, 1.82) is 5.26 Å². The van der Waals surface area contributed by atoms with Gasteiger partial charge in [-0.15, -0.1) is 0 Å². The fraction of sp³-hybridized carbons (Fsp3) is 0.552. The Bertz CT molecular complexity index is 1410. The Kier molecular flexibility index (Phi) is 10.1. The van der Waals surface area contributed by atoms with Crippen LogP contribution in [0.5, 0.6) is 0 Å². The minimum absolute atomic E-state index is 0.186. The molecule has 2 aliphatic rings. The maximum atomic E-state index is 11.1. The number of nitrogens with one attached hydrogen (secondary N) is 5. The van der Waals surface area contributed by atoms with E-state index in [1.807, 2.05) is 24.3 Å². The maximum absolute atomic E-state index is 11.1. The summed E-state index contributed by atoms with van der Waals surface area (Å²) in [6.07, 6.45) is 7.21. The summed E-state index contributed by atoms with van der Waals surface area (Å²) in [7, 11) is 0. The molecule has 1 aliphatic heterocycles. The number of hydrogen-bond donors (Lipinski definition) is 5. The maximum Gasteiger partial charge on any atom is 0.340 e. The molecule has 13 heteroatoms. The van der Waals surface area contributed by atoms with E-state index in [1.54, 1.807) is 6.20 Å². The van der Waals surface area contributed by atoms with Gasteiger partial charge in [-0.3, -0.25) is 4.98 Å². The lowest BCUT2D eigenvalue weighted by Gasteiger charge is -2.32. The van der Waals surface area contributed by atoms with Gasteiger partial charge >= 0.3 is 5.69 Å². The highest BCUT2D eigenvalue weighted by atomic mass is 35.5. The number of aromatic nitrogens is 5. The van der Waals surface area contributed by atoms with Crippen LogP contribution in [0.3, 0.4) is 0 Å². The third kappa shape index (κ3) is 8.07. The molecule has 4 heterocycles. The molecule has 1 saturated heterocycles. The number of pyridine rings is 2. The lowest BCUT2D eigenvalue weighted by molar-refractivity contribution is 0.0455. The first kappa shape index (κ1) is 30.0. The van der Waals surface area contributed by atoms with E-state index in [0.717, 1.165) is 42.8 Å². The molecule has 5 rings (SSSR count). The molecule has 0 radical (unpaired) electrons. The lowest BCUT2D eigenvalue weighted by Crippen LogP contribution is -2.43. The number of anilines is 2. The van der Waals surface area contributed by atoms with Crippen LogP contribution in [0.25, 0.3) is 11.3 Å². The molecule has 0 unspecified atom stereocenters. The van der Waals surface area contributed by atoms with Crippen molar-refractivity contribution in [2.24, 2.45) is 5.41 Å². The summed E-state index contributed by atoms with van der Waals surface area (Å²) in [5.41, 5.74) is 0.786. The van der Waals surface area contributed by atoms with E-state index in [-0.39, 0.29) is 18.3 Å². The van der Waals surface area contributed by atoms with Crippen LogP contribution in [0, 0.1) is 16.7 Å². The standard InChI is InChI=1S/C29H38ClN9O3/c1-19(15-42-16-27-37-28(40)39-38-27)34-20-5-7-21(8-6-20)35-26-13-22(23(30)14-32-26)24-3-2-4-25(36-24)33-18-29(17-31)9-11-41-12-10-29/h2-4,13-14,19-21,34H,5-12,15-16,18H2,1H3,(H,32,35)(H,33,36)(H2,37,38,39,40)/t19-,20?,21?/m1/s1. The van der Waals surface area contributed by atoms with Crippen molar-refractivity contribution in [3.8, 4) is 17.3 Å². The molecule has 3 aromatic heterocycles. The number of nitriles is 1. The number of H-pyrrole nitrogens is 2. The van der Waals surface area contributed by atoms with Gasteiger partial charge in [0.15, 0.2) is 5.82 Å². The largest absolute Gasteiger partial charge is 0.381 e. The number of ether oxygens (including phenoxy) is 2. The number of halogens is 1. The zero-order valence-corrected chi connectivity index (χ0v) is 24.5. The summed E-state index contributed by atoms with van der Waals surface area (Å²) in [6.45, 7) is 4.64. The van der Waals surface area contributed by atoms with Gasteiger partial charge in [-0.1, -0.05) is 17.7 Å². The Morgan fingerprint density at radius 1 is 1.21 bits per heavy atom. The zero-order valence-electron chi connectivity index (χ0n) is 23.8. The van der Waals surface area contributed by atoms with Crippen molar-refractivity contribution in [1.82, 2.24) is 30.5 Å². The first-order valence-corrected chi connectivity index (χ1v) is 14.9. The highest BCUT2D eigenvalue weighted by Crippen LogP contribution is 2.32. The molecule has 2 fully saturated rings. The molecule has 12 nitrogen and oxygen atoms in total. The Hall–Kier alpha value is -3.50. The van der Waals surface area contributed by atoms with Crippen LogP contribution >= 0.6 is 11.6 Å². The van der Waals surface area contributed by atoms with E-state index in [0.29, 0.717) is 68.0 Å². The molecule has 224 valence electrons. The van der Waals surface area contributed by atoms with Gasteiger partial charge < -0.3 is 25.4 Å². The van der Waals surface area contributed by atoms with Crippen LogP contribution in [0.4, 0.5) is 11.6 Å². The van der Waals surface area contributed by atoms with E-state index < -0.39 is 5.41 Å². The predicted octanol–water partition coefficient (Wildman–Crippen LogP) is 3.86. The molecule has 0 amide bonds. The van der Waals surface area contributed by atoms with Gasteiger partial charge in [0.05, 0.1) is 28.8 Å². The predicted molar refractivity (Wildman–Crippen MR) is 160 cm³/mol. The van der Waals surface area contributed by atoms with Crippen molar-refractivity contribution in [2.75, 3.05) is 37.0 Å². The Balaban J connectivity index is 1.11. The Labute approximate surface area is 250 Å². The van der Waals surface area contributed by atoms with Crippen LogP contribution in [0.2, 0.25) is 5.02 Å². The number of nitrogens with zero attached hydrogens (tertiary/aromatic N) is 4. The molecule has 42 heavy (non-hydrogen) atoms. The monoisotopic (exact) mass is 595 g/mol. The summed E-state index contributed by atoms with van der Waals surface area (Å²) in [5.74, 6) is 1.98. The summed E-state index contributed by atoms with van der Waals surface area (Å²) < 4.78 is 11.1. The number of hydrogen-bond acceptors (Lipinski definition) is 10. The molecule has 0 bridgehead atoms. The third-order valence-electron chi connectivity index (χ3n) is 7.93. The summed E-state index contributed by atoms with van der Waals surface area (Å²) in [5, 5.41) is 27.1. The van der Waals surface area contributed by atoms with Crippen molar-refractivity contribution in [2.45, 2.75) is 70.2 Å². The molecule has 0 spiro atoms. The fourth-order valence-corrected chi connectivity index (χ4v) is 5.72. The SMILES string of the molecule is C[C@H](COCc1n[nH]c(=O)[nH]1)NC1CCC(Nc2cc(-c3cccc(NCC4(C#N)CCOCC4)n3)c(Cl)cn2)CC1. The van der Waals surface area contributed by atoms with Gasteiger partial charge in [-0.05, 0) is 63.6 Å².